The number of nitrogens with two attached hydrogens (primary N) is 1. The van der Waals surface area contributed by atoms with Gasteiger partial charge in [-0.1, -0.05) is 51.8 Å². The van der Waals surface area contributed by atoms with Gasteiger partial charge in [-0.05, 0) is 85.9 Å². The number of rotatable bonds is 20. The molecule has 6 N–H and O–H groups in total. The maximum absolute atomic E-state index is 12.6. The molecule has 1 fully saturated rings. The molecule has 0 saturated heterocycles. The van der Waals surface area contributed by atoms with E-state index in [0.29, 0.717) is 11.8 Å². The number of ether oxygens (including phenoxy) is 1. The second-order valence-electron chi connectivity index (χ2n) is 13.0. The Morgan fingerprint density at radius 3 is 2.52 bits per heavy atom. The Balaban J connectivity index is 0.00000257. The van der Waals surface area contributed by atoms with Gasteiger partial charge < -0.3 is 30.8 Å². The van der Waals surface area contributed by atoms with Gasteiger partial charge in [-0.2, -0.15) is 0 Å². The summed E-state index contributed by atoms with van der Waals surface area (Å²) in [5.74, 6) is -1.24. The van der Waals surface area contributed by atoms with Crippen molar-refractivity contribution < 1.29 is 33.8 Å². The summed E-state index contributed by atoms with van der Waals surface area (Å²) in [7, 11) is 1.77. The number of carboxylic acids is 1. The van der Waals surface area contributed by atoms with Gasteiger partial charge in [0, 0.05) is 35.7 Å². The van der Waals surface area contributed by atoms with Crippen molar-refractivity contribution in [2.75, 3.05) is 19.7 Å². The number of benzene rings is 1. The van der Waals surface area contributed by atoms with Crippen molar-refractivity contribution in [3.05, 3.63) is 48.2 Å². The summed E-state index contributed by atoms with van der Waals surface area (Å²) in [6, 6.07) is 7.67. The smallest absolute Gasteiger partial charge is 0.407 e. The second kappa shape index (κ2) is 20.4. The van der Waals surface area contributed by atoms with Crippen LogP contribution >= 0.6 is 11.9 Å². The van der Waals surface area contributed by atoms with Crippen LogP contribution in [0, 0.1) is 17.3 Å². The summed E-state index contributed by atoms with van der Waals surface area (Å²) in [6.07, 6.45) is 9.53. The predicted octanol–water partition coefficient (Wildman–Crippen LogP) is 5.09. The minimum absolute atomic E-state index is 0.0489. The first-order chi connectivity index (χ1) is 22.8. The number of carboxylic acid groups (broad SMARTS) is 1. The quantitative estimate of drug-likeness (QED) is 0.0552. The van der Waals surface area contributed by atoms with Crippen LogP contribution < -0.4 is 21.1 Å². The van der Waals surface area contributed by atoms with E-state index in [-0.39, 0.29) is 54.3 Å². The van der Waals surface area contributed by atoms with Gasteiger partial charge in [0.2, 0.25) is 18.2 Å². The number of aromatic carboxylic acids is 1. The number of unbranched alkanes of at least 4 members (excludes halogenated alkanes) is 2. The number of aryl methyl sites for hydroxylation is 2. The molecule has 0 spiro atoms. The van der Waals surface area contributed by atoms with Gasteiger partial charge in [-0.3, -0.25) is 19.1 Å². The first-order valence-electron chi connectivity index (χ1n) is 16.5. The van der Waals surface area contributed by atoms with Gasteiger partial charge in [0.25, 0.3) is 0 Å². The molecular formula is C35H53N5O7S. The second-order valence-corrected chi connectivity index (χ2v) is 14.1. The number of hydrogen-bond donors (Lipinski definition) is 5. The first-order valence-corrected chi connectivity index (χ1v) is 17.4. The lowest BCUT2D eigenvalue weighted by Crippen LogP contribution is -2.38. The van der Waals surface area contributed by atoms with E-state index in [0.717, 1.165) is 74.3 Å². The van der Waals surface area contributed by atoms with E-state index in [9.17, 15) is 24.3 Å². The molecule has 0 radical (unpaired) electrons. The lowest BCUT2D eigenvalue weighted by molar-refractivity contribution is -0.124. The van der Waals surface area contributed by atoms with E-state index in [2.05, 4.69) is 27.7 Å². The van der Waals surface area contributed by atoms with Gasteiger partial charge in [0.1, 0.15) is 5.69 Å². The molecule has 1 aromatic heterocycles. The zero-order valence-corrected chi connectivity index (χ0v) is 29.5. The SMILES string of the molecule is C=C[C@H](C)C(CCCCNC(=O)CNC(=O)OCC(C)(C)CCCCc1cccc2c1cc(C(=O)O)n2C)C(=O)NSC1CC1.NC=O. The topological polar surface area (TPSA) is 182 Å². The number of nitrogens with zero attached hydrogens (tertiary/aromatic N) is 1. The largest absolute Gasteiger partial charge is 0.477 e. The molecular weight excluding hydrogens is 634 g/mol. The van der Waals surface area contributed by atoms with Crippen LogP contribution in [-0.4, -0.2) is 64.9 Å². The van der Waals surface area contributed by atoms with Gasteiger partial charge >= 0.3 is 12.1 Å². The highest BCUT2D eigenvalue weighted by atomic mass is 32.2. The number of carbonyl (C=O) groups is 5. The van der Waals surface area contributed by atoms with Crippen molar-refractivity contribution >= 4 is 53.1 Å². The van der Waals surface area contributed by atoms with Crippen LogP contribution in [0.5, 0.6) is 0 Å². The third-order valence-corrected chi connectivity index (χ3v) is 9.51. The number of amides is 4. The zero-order valence-electron chi connectivity index (χ0n) is 28.7. The van der Waals surface area contributed by atoms with Gasteiger partial charge in [0.05, 0.1) is 13.2 Å². The molecule has 0 bridgehead atoms. The molecule has 4 amide bonds. The fraction of sp³-hybridized carbons (Fsp3) is 0.571. The maximum Gasteiger partial charge on any atom is 0.407 e. The molecule has 0 aliphatic heterocycles. The third-order valence-electron chi connectivity index (χ3n) is 8.39. The number of aromatic nitrogens is 1. The molecule has 1 heterocycles. The first kappa shape index (κ1) is 40.2. The Labute approximate surface area is 288 Å². The van der Waals surface area contributed by atoms with Crippen molar-refractivity contribution in [2.24, 2.45) is 30.0 Å². The van der Waals surface area contributed by atoms with Crippen molar-refractivity contribution in [3.63, 3.8) is 0 Å². The molecule has 3 rings (SSSR count). The van der Waals surface area contributed by atoms with Gasteiger partial charge in [-0.25, -0.2) is 9.59 Å². The Morgan fingerprint density at radius 2 is 1.88 bits per heavy atom. The van der Waals surface area contributed by atoms with Crippen molar-refractivity contribution in [1.82, 2.24) is 19.9 Å². The van der Waals surface area contributed by atoms with Crippen molar-refractivity contribution in [3.8, 4) is 0 Å². The van der Waals surface area contributed by atoms with E-state index >= 15 is 0 Å². The average molecular weight is 688 g/mol. The third kappa shape index (κ3) is 14.0. The minimum atomic E-state index is -0.939. The highest BCUT2D eigenvalue weighted by Crippen LogP contribution is 2.33. The number of alkyl carbamates (subject to hydrolysis) is 1. The summed E-state index contributed by atoms with van der Waals surface area (Å²) in [6.45, 7) is 10.5. The molecule has 1 unspecified atom stereocenters. The van der Waals surface area contributed by atoms with E-state index < -0.39 is 12.1 Å². The maximum atomic E-state index is 12.6. The van der Waals surface area contributed by atoms with E-state index in [1.54, 1.807) is 17.7 Å². The van der Waals surface area contributed by atoms with E-state index in [4.69, 9.17) is 9.53 Å². The van der Waals surface area contributed by atoms with E-state index in [1.807, 2.05) is 45.0 Å². The fourth-order valence-electron chi connectivity index (χ4n) is 5.28. The molecule has 1 aliphatic rings. The molecule has 2 aromatic rings. The number of fused-ring (bicyclic) bond motifs is 1. The molecule has 1 aliphatic carbocycles. The summed E-state index contributed by atoms with van der Waals surface area (Å²) in [5.41, 5.74) is 6.24. The molecule has 13 heteroatoms. The molecule has 12 nitrogen and oxygen atoms in total. The molecule has 1 aromatic carbocycles. The van der Waals surface area contributed by atoms with Gasteiger partial charge in [0.15, 0.2) is 0 Å². The lowest BCUT2D eigenvalue weighted by Gasteiger charge is -2.24. The van der Waals surface area contributed by atoms with Crippen molar-refractivity contribution in [1.29, 1.82) is 0 Å². The molecule has 2 atom stereocenters. The van der Waals surface area contributed by atoms with Crippen LogP contribution in [0.1, 0.15) is 88.2 Å². The molecule has 48 heavy (non-hydrogen) atoms. The Hall–Kier alpha value is -4.00. The summed E-state index contributed by atoms with van der Waals surface area (Å²) >= 11 is 1.52. The highest BCUT2D eigenvalue weighted by Gasteiger charge is 2.27. The summed E-state index contributed by atoms with van der Waals surface area (Å²) in [5, 5.41) is 16.3. The number of carbonyl (C=O) groups excluding carboxylic acids is 4. The predicted molar refractivity (Wildman–Crippen MR) is 189 cm³/mol. The molecule has 1 saturated carbocycles. The van der Waals surface area contributed by atoms with Crippen LogP contribution in [0.3, 0.4) is 0 Å². The monoisotopic (exact) mass is 687 g/mol. The average Bonchev–Trinajstić information content (AvgIpc) is 3.82. The summed E-state index contributed by atoms with van der Waals surface area (Å²) in [4.78, 5) is 57.1. The van der Waals surface area contributed by atoms with Crippen LogP contribution in [0.15, 0.2) is 36.9 Å². The van der Waals surface area contributed by atoms with Crippen LogP contribution in [0.25, 0.3) is 10.9 Å². The Bertz CT molecular complexity index is 1390. The lowest BCUT2D eigenvalue weighted by atomic mass is 9.87. The number of primary amides is 1. The summed E-state index contributed by atoms with van der Waals surface area (Å²) < 4.78 is 10.1. The zero-order chi connectivity index (χ0) is 35.7. The highest BCUT2D eigenvalue weighted by molar-refractivity contribution is 7.98. The Morgan fingerprint density at radius 1 is 1.17 bits per heavy atom. The normalized spacial score (nSPS) is 13.8. The van der Waals surface area contributed by atoms with Crippen LogP contribution in [0.2, 0.25) is 0 Å². The number of nitrogens with one attached hydrogen (secondary N) is 3. The van der Waals surface area contributed by atoms with Crippen LogP contribution in [0.4, 0.5) is 4.79 Å². The van der Waals surface area contributed by atoms with Crippen LogP contribution in [-0.2, 0) is 32.6 Å². The van der Waals surface area contributed by atoms with E-state index in [1.165, 1.54) is 11.9 Å². The van der Waals surface area contributed by atoms with Gasteiger partial charge in [-0.15, -0.1) is 6.58 Å². The standard InChI is InChI=1S/C34H50N4O6S.CH3NO/c1-6-23(2)26(31(40)37-45-25-16-17-25)14-8-10-19-35-30(39)21-36-33(43)44-22-34(3,4)18-9-7-12-24-13-11-15-28-27(24)20-29(32(41)42)38(28)5;2-1-3/h6,11,13,15,20,23,25-26H,1,7-10,12,14,16-19,21-22H2,2-5H3,(H,35,39)(H,36,43)(H,37,40)(H,41,42);1H,(H2,2,3)/t23-,26?;/m0./s1. The number of hydrogen-bond acceptors (Lipinski definition) is 7. The molecule has 266 valence electrons. The Kier molecular flexibility index (Phi) is 17.1. The number of allylic oxidation sites excluding steroid dienone is 1. The van der Waals surface area contributed by atoms with Crippen molar-refractivity contribution in [2.45, 2.75) is 83.8 Å². The fourth-order valence-corrected chi connectivity index (χ4v) is 6.09. The minimum Gasteiger partial charge on any atom is -0.477 e.